The number of aliphatic hydroxyl groups is 1. The molecule has 6 atom stereocenters. The number of rotatable bonds is 13. The van der Waals surface area contributed by atoms with Crippen LogP contribution in [0.2, 0.25) is 0 Å². The van der Waals surface area contributed by atoms with E-state index < -0.39 is 47.6 Å². The number of aliphatic hydroxyl groups excluding tert-OH is 1. The Morgan fingerprint density at radius 2 is 2.05 bits per heavy atom. The molecular weight excluding hydrogens is 526 g/mol. The van der Waals surface area contributed by atoms with Crippen LogP contribution in [-0.2, 0) is 28.7 Å². The number of aryl methyl sites for hydroxylation is 2. The van der Waals surface area contributed by atoms with E-state index in [1.807, 2.05) is 32.0 Å². The van der Waals surface area contributed by atoms with Gasteiger partial charge in [0.25, 0.3) is 5.91 Å². The number of allylic oxidation sites excluding steroid dienone is 1. The first-order valence-corrected chi connectivity index (χ1v) is 14.3. The van der Waals surface area contributed by atoms with Gasteiger partial charge in [0.2, 0.25) is 11.8 Å². The Kier molecular flexibility index (Phi) is 9.34. The van der Waals surface area contributed by atoms with Crippen LogP contribution in [0.1, 0.15) is 43.7 Å². The fourth-order valence-electron chi connectivity index (χ4n) is 6.54. The Balaban J connectivity index is 1.60. The number of likely N-dealkylation sites (tertiary alicyclic amines) is 1. The van der Waals surface area contributed by atoms with E-state index in [9.17, 15) is 24.3 Å². The van der Waals surface area contributed by atoms with Gasteiger partial charge in [0.1, 0.15) is 17.7 Å². The fraction of sp³-hybridized carbons (Fsp3) is 0.548. The number of esters is 1. The third-order valence-corrected chi connectivity index (χ3v) is 8.36. The second kappa shape index (κ2) is 12.6. The number of fused-ring (bicyclic) bond motifs is 1. The molecule has 222 valence electrons. The monoisotopic (exact) mass is 567 g/mol. The second-order valence-electron chi connectivity index (χ2n) is 11.2. The lowest BCUT2D eigenvalue weighted by atomic mass is 9.70. The lowest BCUT2D eigenvalue weighted by Crippen LogP contribution is -2.57. The zero-order valence-corrected chi connectivity index (χ0v) is 24.1. The minimum atomic E-state index is -1.21. The van der Waals surface area contributed by atoms with E-state index >= 15 is 0 Å². The molecule has 0 aliphatic carbocycles. The number of hydrogen-bond donors (Lipinski definition) is 2. The van der Waals surface area contributed by atoms with Crippen molar-refractivity contribution < 1.29 is 33.8 Å². The van der Waals surface area contributed by atoms with Gasteiger partial charge in [0.15, 0.2) is 0 Å². The number of ether oxygens (including phenoxy) is 2. The topological polar surface area (TPSA) is 125 Å². The molecule has 0 saturated carbocycles. The van der Waals surface area contributed by atoms with Crippen molar-refractivity contribution in [2.24, 2.45) is 11.8 Å². The highest BCUT2D eigenvalue weighted by atomic mass is 16.6. The number of amides is 3. The Hall–Kier alpha value is -3.50. The lowest BCUT2D eigenvalue weighted by Gasteiger charge is -2.37. The summed E-state index contributed by atoms with van der Waals surface area (Å²) < 4.78 is 12.1. The summed E-state index contributed by atoms with van der Waals surface area (Å²) in [4.78, 5) is 56.7. The Labute approximate surface area is 241 Å². The smallest absolute Gasteiger partial charge is 0.312 e. The molecule has 4 rings (SSSR count). The van der Waals surface area contributed by atoms with Crippen molar-refractivity contribution >= 4 is 29.4 Å². The number of hydrogen-bond acceptors (Lipinski definition) is 7. The van der Waals surface area contributed by atoms with Crippen molar-refractivity contribution in [3.63, 3.8) is 0 Å². The van der Waals surface area contributed by atoms with E-state index in [2.05, 4.69) is 18.5 Å². The zero-order chi connectivity index (χ0) is 29.9. The molecule has 0 unspecified atom stereocenters. The predicted molar refractivity (Wildman–Crippen MR) is 153 cm³/mol. The molecule has 3 saturated heterocycles. The van der Waals surface area contributed by atoms with Gasteiger partial charge in [-0.25, -0.2) is 0 Å². The number of anilines is 1. The highest BCUT2D eigenvalue weighted by Gasteiger charge is 2.75. The summed E-state index contributed by atoms with van der Waals surface area (Å²) in [6.07, 6.45) is 3.87. The van der Waals surface area contributed by atoms with Crippen molar-refractivity contribution in [2.45, 2.75) is 70.3 Å². The molecule has 2 bridgehead atoms. The van der Waals surface area contributed by atoms with Gasteiger partial charge in [-0.1, -0.05) is 24.3 Å². The molecule has 10 nitrogen and oxygen atoms in total. The summed E-state index contributed by atoms with van der Waals surface area (Å²) in [5.74, 6) is -3.29. The summed E-state index contributed by atoms with van der Waals surface area (Å²) >= 11 is 0. The molecule has 3 aliphatic heterocycles. The minimum absolute atomic E-state index is 0.0643. The SMILES string of the molecule is C=CCCC(=O)NC[C@@H](C)OC(=O)[C@@H]1[C@@H]2CC[C@]3(O2)[C@H](C(=O)N(CC=C)c2cc(C)ccc2C)N(CCO)C(=O)[C@@H]13. The summed E-state index contributed by atoms with van der Waals surface area (Å²) in [5, 5.41) is 12.6. The van der Waals surface area contributed by atoms with Gasteiger partial charge in [0, 0.05) is 25.2 Å². The summed E-state index contributed by atoms with van der Waals surface area (Å²) in [7, 11) is 0. The summed E-state index contributed by atoms with van der Waals surface area (Å²) in [6, 6.07) is 4.81. The summed E-state index contributed by atoms with van der Waals surface area (Å²) in [5.41, 5.74) is 1.36. The summed E-state index contributed by atoms with van der Waals surface area (Å²) in [6.45, 7) is 12.9. The molecule has 0 radical (unpaired) electrons. The minimum Gasteiger partial charge on any atom is -0.460 e. The van der Waals surface area contributed by atoms with Crippen molar-refractivity contribution in [3.8, 4) is 0 Å². The van der Waals surface area contributed by atoms with E-state index in [1.54, 1.807) is 24.0 Å². The third kappa shape index (κ3) is 5.67. The van der Waals surface area contributed by atoms with E-state index in [-0.39, 0.29) is 38.1 Å². The normalized spacial score (nSPS) is 26.8. The van der Waals surface area contributed by atoms with Gasteiger partial charge in [0.05, 0.1) is 31.1 Å². The number of carbonyl (C=O) groups excluding carboxylic acids is 4. The first-order valence-electron chi connectivity index (χ1n) is 14.3. The number of carbonyl (C=O) groups is 4. The second-order valence-corrected chi connectivity index (χ2v) is 11.2. The van der Waals surface area contributed by atoms with Crippen LogP contribution in [-0.4, -0.2) is 83.8 Å². The lowest BCUT2D eigenvalue weighted by molar-refractivity contribution is -0.159. The van der Waals surface area contributed by atoms with Gasteiger partial charge in [-0.2, -0.15) is 0 Å². The standard InChI is InChI=1S/C31H41N3O7/c1-6-8-9-24(36)32-18-21(5)40-30(39)25-23-12-13-31(41-23)26(25)28(37)34(15-16-35)27(31)29(38)33(14-7-2)22-17-19(3)10-11-20(22)4/h6-7,10-11,17,21,23,25-27,35H,1-2,8-9,12-16,18H2,3-5H3,(H,32,36)/t21-,23+,25-,26-,27+,31-/m1/s1. The molecule has 2 N–H and O–H groups in total. The average Bonchev–Trinajstić information content (AvgIpc) is 3.58. The number of nitrogens with zero attached hydrogens (tertiary/aromatic N) is 2. The van der Waals surface area contributed by atoms with Crippen molar-refractivity contribution in [1.29, 1.82) is 0 Å². The third-order valence-electron chi connectivity index (χ3n) is 8.36. The van der Waals surface area contributed by atoms with Gasteiger partial charge < -0.3 is 29.7 Å². The Morgan fingerprint density at radius 1 is 1.29 bits per heavy atom. The number of β-amino-alcohol motifs (C(OH)–C–C–N with tert-alkyl or cyclic N) is 1. The van der Waals surface area contributed by atoms with Gasteiger partial charge in [-0.3, -0.25) is 19.2 Å². The van der Waals surface area contributed by atoms with E-state index in [4.69, 9.17) is 9.47 Å². The van der Waals surface area contributed by atoms with Crippen LogP contribution in [0.15, 0.2) is 43.5 Å². The molecule has 41 heavy (non-hydrogen) atoms. The molecular formula is C31H41N3O7. The van der Waals surface area contributed by atoms with E-state index in [1.165, 1.54) is 4.90 Å². The number of benzene rings is 1. The molecule has 1 aromatic carbocycles. The van der Waals surface area contributed by atoms with Crippen molar-refractivity contribution in [2.75, 3.05) is 31.1 Å². The van der Waals surface area contributed by atoms with Crippen molar-refractivity contribution in [1.82, 2.24) is 10.2 Å². The first kappa shape index (κ1) is 30.5. The largest absolute Gasteiger partial charge is 0.460 e. The van der Waals surface area contributed by atoms with Crippen LogP contribution in [0.4, 0.5) is 5.69 Å². The maximum Gasteiger partial charge on any atom is 0.312 e. The van der Waals surface area contributed by atoms with Crippen LogP contribution in [0.3, 0.4) is 0 Å². The van der Waals surface area contributed by atoms with Crippen LogP contribution < -0.4 is 10.2 Å². The predicted octanol–water partition coefficient (Wildman–Crippen LogP) is 2.20. The van der Waals surface area contributed by atoms with Crippen LogP contribution in [0.5, 0.6) is 0 Å². The van der Waals surface area contributed by atoms with E-state index in [0.29, 0.717) is 31.4 Å². The Morgan fingerprint density at radius 3 is 2.73 bits per heavy atom. The van der Waals surface area contributed by atoms with Crippen LogP contribution in [0.25, 0.3) is 0 Å². The number of nitrogens with one attached hydrogen (secondary N) is 1. The van der Waals surface area contributed by atoms with Crippen LogP contribution in [0, 0.1) is 25.7 Å². The molecule has 1 spiro atoms. The molecule has 10 heteroatoms. The first-order chi connectivity index (χ1) is 19.6. The van der Waals surface area contributed by atoms with E-state index in [0.717, 1.165) is 11.1 Å². The average molecular weight is 568 g/mol. The highest BCUT2D eigenvalue weighted by Crippen LogP contribution is 2.59. The van der Waals surface area contributed by atoms with Gasteiger partial charge >= 0.3 is 5.97 Å². The Bertz CT molecular complexity index is 1220. The van der Waals surface area contributed by atoms with Crippen LogP contribution >= 0.6 is 0 Å². The quantitative estimate of drug-likeness (QED) is 0.277. The highest BCUT2D eigenvalue weighted by molar-refractivity contribution is 6.05. The van der Waals surface area contributed by atoms with Gasteiger partial charge in [-0.05, 0) is 57.2 Å². The maximum atomic E-state index is 14.4. The molecule has 0 aromatic heterocycles. The molecule has 1 aromatic rings. The molecule has 3 aliphatic rings. The molecule has 3 heterocycles. The maximum absolute atomic E-state index is 14.4. The zero-order valence-electron chi connectivity index (χ0n) is 24.1. The molecule has 3 fully saturated rings. The molecule has 3 amide bonds. The van der Waals surface area contributed by atoms with Crippen molar-refractivity contribution in [3.05, 3.63) is 54.6 Å². The van der Waals surface area contributed by atoms with Gasteiger partial charge in [-0.15, -0.1) is 13.2 Å². The fourth-order valence-corrected chi connectivity index (χ4v) is 6.54.